The van der Waals surface area contributed by atoms with Crippen LogP contribution in [0.15, 0.2) is 34.9 Å². The third kappa shape index (κ3) is 1.13. The molecular formula is C12H11BrO. The van der Waals surface area contributed by atoms with Gasteiger partial charge in [-0.3, -0.25) is 0 Å². The van der Waals surface area contributed by atoms with Crippen molar-refractivity contribution >= 4 is 26.9 Å². The Bertz CT molecular complexity index is 468. The van der Waals surface area contributed by atoms with Crippen LogP contribution in [-0.4, -0.2) is 5.33 Å². The second-order valence-electron chi connectivity index (χ2n) is 4.09. The van der Waals surface area contributed by atoms with Crippen LogP contribution in [0, 0.1) is 0 Å². The van der Waals surface area contributed by atoms with Gasteiger partial charge in [0.25, 0.3) is 0 Å². The first-order valence-electron chi connectivity index (χ1n) is 4.88. The number of hydrogen-bond acceptors (Lipinski definition) is 1. The maximum atomic E-state index is 5.33. The molecule has 2 aromatic rings. The molecule has 0 spiro atoms. The van der Waals surface area contributed by atoms with Crippen molar-refractivity contribution < 1.29 is 4.42 Å². The highest BCUT2D eigenvalue weighted by Crippen LogP contribution is 2.49. The maximum Gasteiger partial charge on any atom is 0.133 e. The molecule has 0 amide bonds. The Hall–Kier alpha value is -0.760. The molecule has 1 aromatic carbocycles. The molecule has 0 saturated heterocycles. The SMILES string of the molecule is BrCC1(c2ccc3occc3c2)CC1. The Morgan fingerprint density at radius 2 is 2.14 bits per heavy atom. The molecule has 1 heterocycles. The van der Waals surface area contributed by atoms with Gasteiger partial charge in [-0.05, 0) is 36.6 Å². The Morgan fingerprint density at radius 3 is 2.86 bits per heavy atom. The van der Waals surface area contributed by atoms with Crippen LogP contribution in [0.1, 0.15) is 18.4 Å². The molecule has 1 nitrogen and oxygen atoms in total. The topological polar surface area (TPSA) is 13.1 Å². The first-order valence-corrected chi connectivity index (χ1v) is 6.00. The first-order chi connectivity index (χ1) is 6.84. The van der Waals surface area contributed by atoms with Crippen LogP contribution in [0.5, 0.6) is 0 Å². The van der Waals surface area contributed by atoms with E-state index in [2.05, 4.69) is 34.1 Å². The van der Waals surface area contributed by atoms with Crippen LogP contribution >= 0.6 is 15.9 Å². The maximum absolute atomic E-state index is 5.33. The fourth-order valence-electron chi connectivity index (χ4n) is 1.95. The lowest BCUT2D eigenvalue weighted by molar-refractivity contribution is 0.615. The van der Waals surface area contributed by atoms with E-state index in [9.17, 15) is 0 Å². The third-order valence-corrected chi connectivity index (χ3v) is 4.25. The highest BCUT2D eigenvalue weighted by atomic mass is 79.9. The van der Waals surface area contributed by atoms with Gasteiger partial charge in [-0.25, -0.2) is 0 Å². The standard InChI is InChI=1S/C12H11BrO/c13-8-12(4-5-12)10-1-2-11-9(7-10)3-6-14-11/h1-3,6-7H,4-5,8H2. The average Bonchev–Trinajstić information content (AvgIpc) is 2.89. The smallest absolute Gasteiger partial charge is 0.133 e. The van der Waals surface area contributed by atoms with Crippen molar-refractivity contribution in [3.8, 4) is 0 Å². The predicted molar refractivity (Wildman–Crippen MR) is 60.9 cm³/mol. The zero-order valence-corrected chi connectivity index (χ0v) is 9.38. The summed E-state index contributed by atoms with van der Waals surface area (Å²) < 4.78 is 5.33. The van der Waals surface area contributed by atoms with Gasteiger partial charge in [-0.2, -0.15) is 0 Å². The van der Waals surface area contributed by atoms with Crippen LogP contribution < -0.4 is 0 Å². The molecule has 1 fully saturated rings. The monoisotopic (exact) mass is 250 g/mol. The molecule has 3 rings (SSSR count). The highest BCUT2D eigenvalue weighted by molar-refractivity contribution is 9.09. The van der Waals surface area contributed by atoms with Crippen LogP contribution in [0.25, 0.3) is 11.0 Å². The van der Waals surface area contributed by atoms with Crippen molar-refractivity contribution in [2.24, 2.45) is 0 Å². The van der Waals surface area contributed by atoms with Crippen molar-refractivity contribution in [1.29, 1.82) is 0 Å². The Balaban J connectivity index is 2.13. The molecule has 0 bridgehead atoms. The highest BCUT2D eigenvalue weighted by Gasteiger charge is 2.43. The summed E-state index contributed by atoms with van der Waals surface area (Å²) in [6.45, 7) is 0. The van der Waals surface area contributed by atoms with E-state index in [4.69, 9.17) is 4.42 Å². The lowest BCUT2D eigenvalue weighted by Crippen LogP contribution is -2.07. The lowest BCUT2D eigenvalue weighted by atomic mass is 9.97. The molecule has 14 heavy (non-hydrogen) atoms. The second kappa shape index (κ2) is 2.86. The quantitative estimate of drug-likeness (QED) is 0.738. The van der Waals surface area contributed by atoms with Crippen molar-refractivity contribution in [1.82, 2.24) is 0 Å². The summed E-state index contributed by atoms with van der Waals surface area (Å²) in [7, 11) is 0. The van der Waals surface area contributed by atoms with Gasteiger partial charge in [-0.15, -0.1) is 0 Å². The van der Waals surface area contributed by atoms with E-state index in [1.54, 1.807) is 6.26 Å². The summed E-state index contributed by atoms with van der Waals surface area (Å²) in [5.41, 5.74) is 2.85. The molecule has 2 heteroatoms. The molecule has 72 valence electrons. The Kier molecular flexibility index (Phi) is 1.75. The molecule has 1 saturated carbocycles. The lowest BCUT2D eigenvalue weighted by Gasteiger charge is -2.11. The molecule has 0 atom stereocenters. The van der Waals surface area contributed by atoms with Crippen molar-refractivity contribution in [3.63, 3.8) is 0 Å². The molecule has 1 aliphatic rings. The van der Waals surface area contributed by atoms with Gasteiger partial charge >= 0.3 is 0 Å². The van der Waals surface area contributed by atoms with Gasteiger partial charge in [0.15, 0.2) is 0 Å². The van der Waals surface area contributed by atoms with Crippen molar-refractivity contribution in [2.75, 3.05) is 5.33 Å². The molecule has 1 aliphatic carbocycles. The zero-order chi connectivity index (χ0) is 9.60. The summed E-state index contributed by atoms with van der Waals surface area (Å²) in [5.74, 6) is 0. The number of furan rings is 1. The number of alkyl halides is 1. The van der Waals surface area contributed by atoms with E-state index in [-0.39, 0.29) is 0 Å². The largest absolute Gasteiger partial charge is 0.464 e. The van der Waals surface area contributed by atoms with Gasteiger partial charge in [-0.1, -0.05) is 22.0 Å². The number of benzene rings is 1. The van der Waals surface area contributed by atoms with Crippen LogP contribution in [0.2, 0.25) is 0 Å². The second-order valence-corrected chi connectivity index (χ2v) is 4.65. The van der Waals surface area contributed by atoms with E-state index in [1.807, 2.05) is 6.07 Å². The van der Waals surface area contributed by atoms with E-state index in [1.165, 1.54) is 23.8 Å². The summed E-state index contributed by atoms with van der Waals surface area (Å²) in [5, 5.41) is 2.29. The summed E-state index contributed by atoms with van der Waals surface area (Å²) in [4.78, 5) is 0. The van der Waals surface area contributed by atoms with Gasteiger partial charge in [0.1, 0.15) is 5.58 Å². The van der Waals surface area contributed by atoms with Gasteiger partial charge in [0.2, 0.25) is 0 Å². The van der Waals surface area contributed by atoms with Crippen molar-refractivity contribution in [3.05, 3.63) is 36.1 Å². The number of hydrogen-bond donors (Lipinski definition) is 0. The number of fused-ring (bicyclic) bond motifs is 1. The minimum atomic E-state index is 0.422. The fraction of sp³-hybridized carbons (Fsp3) is 0.333. The average molecular weight is 251 g/mol. The summed E-state index contributed by atoms with van der Waals surface area (Å²) >= 11 is 3.60. The fourth-order valence-corrected chi connectivity index (χ4v) is 2.83. The van der Waals surface area contributed by atoms with E-state index in [0.29, 0.717) is 5.41 Å². The zero-order valence-electron chi connectivity index (χ0n) is 7.79. The van der Waals surface area contributed by atoms with E-state index < -0.39 is 0 Å². The third-order valence-electron chi connectivity index (χ3n) is 3.17. The van der Waals surface area contributed by atoms with Gasteiger partial charge in [0.05, 0.1) is 6.26 Å². The van der Waals surface area contributed by atoms with E-state index in [0.717, 1.165) is 10.9 Å². The predicted octanol–water partition coefficient (Wildman–Crippen LogP) is 3.86. The molecule has 1 aromatic heterocycles. The summed E-state index contributed by atoms with van der Waals surface area (Å²) in [6, 6.07) is 8.56. The molecule has 0 radical (unpaired) electrons. The van der Waals surface area contributed by atoms with Gasteiger partial charge in [0, 0.05) is 16.1 Å². The van der Waals surface area contributed by atoms with Gasteiger partial charge < -0.3 is 4.42 Å². The molecular weight excluding hydrogens is 240 g/mol. The minimum Gasteiger partial charge on any atom is -0.464 e. The van der Waals surface area contributed by atoms with Crippen LogP contribution in [0.3, 0.4) is 0 Å². The molecule has 0 unspecified atom stereocenters. The normalized spacial score (nSPS) is 18.6. The molecule has 0 aliphatic heterocycles. The van der Waals surface area contributed by atoms with Crippen LogP contribution in [0.4, 0.5) is 0 Å². The Morgan fingerprint density at radius 1 is 1.29 bits per heavy atom. The van der Waals surface area contributed by atoms with Crippen molar-refractivity contribution in [2.45, 2.75) is 18.3 Å². The number of halogens is 1. The Labute approximate surface area is 91.2 Å². The van der Waals surface area contributed by atoms with E-state index >= 15 is 0 Å². The first kappa shape index (κ1) is 8.54. The minimum absolute atomic E-state index is 0.422. The number of rotatable bonds is 2. The van der Waals surface area contributed by atoms with Crippen LogP contribution in [-0.2, 0) is 5.41 Å². The summed E-state index contributed by atoms with van der Waals surface area (Å²) in [6.07, 6.45) is 4.37. The molecule has 0 N–H and O–H groups in total.